The highest BCUT2D eigenvalue weighted by molar-refractivity contribution is 6.35. The Balaban J connectivity index is 2.53. The lowest BCUT2D eigenvalue weighted by Gasteiger charge is -2.31. The SMILES string of the molecule is CCC1NC(=O)CC1(C)c1cc(F)c(Cl)cc1Cl. The molecule has 1 N–H and O–H groups in total. The van der Waals surface area contributed by atoms with Crippen molar-refractivity contribution in [1.29, 1.82) is 0 Å². The van der Waals surface area contributed by atoms with Crippen LogP contribution in [-0.4, -0.2) is 11.9 Å². The highest BCUT2D eigenvalue weighted by Gasteiger charge is 2.44. The molecule has 1 aliphatic rings. The number of carbonyl (C=O) groups excluding carboxylic acids is 1. The second kappa shape index (κ2) is 4.71. The molecule has 2 unspecified atom stereocenters. The largest absolute Gasteiger partial charge is 0.352 e. The summed E-state index contributed by atoms with van der Waals surface area (Å²) in [5.74, 6) is -0.540. The van der Waals surface area contributed by atoms with Crippen LogP contribution in [-0.2, 0) is 10.2 Å². The summed E-state index contributed by atoms with van der Waals surface area (Å²) in [4.78, 5) is 11.6. The number of amides is 1. The maximum Gasteiger partial charge on any atom is 0.221 e. The van der Waals surface area contributed by atoms with Crippen LogP contribution < -0.4 is 5.32 Å². The Morgan fingerprint density at radius 2 is 2.11 bits per heavy atom. The van der Waals surface area contributed by atoms with Gasteiger partial charge in [0.15, 0.2) is 0 Å². The fourth-order valence-corrected chi connectivity index (χ4v) is 3.26. The van der Waals surface area contributed by atoms with Crippen molar-refractivity contribution in [3.8, 4) is 0 Å². The van der Waals surface area contributed by atoms with Gasteiger partial charge in [-0.05, 0) is 24.1 Å². The lowest BCUT2D eigenvalue weighted by atomic mass is 9.75. The molecule has 98 valence electrons. The smallest absolute Gasteiger partial charge is 0.221 e. The topological polar surface area (TPSA) is 29.1 Å². The number of hydrogen-bond donors (Lipinski definition) is 1. The van der Waals surface area contributed by atoms with Gasteiger partial charge in [-0.3, -0.25) is 4.79 Å². The maximum absolute atomic E-state index is 13.6. The predicted molar refractivity (Wildman–Crippen MR) is 70.6 cm³/mol. The van der Waals surface area contributed by atoms with E-state index in [1.54, 1.807) is 0 Å². The lowest BCUT2D eigenvalue weighted by molar-refractivity contribution is -0.119. The molecular formula is C13H14Cl2FNO. The molecule has 1 aromatic rings. The van der Waals surface area contributed by atoms with E-state index in [0.29, 0.717) is 17.0 Å². The third-order valence-electron chi connectivity index (χ3n) is 3.67. The minimum Gasteiger partial charge on any atom is -0.352 e. The third kappa shape index (κ3) is 2.10. The Hall–Kier alpha value is -0.800. The van der Waals surface area contributed by atoms with Crippen LogP contribution in [0.1, 0.15) is 32.3 Å². The molecule has 5 heteroatoms. The Kier molecular flexibility index (Phi) is 3.56. The van der Waals surface area contributed by atoms with Gasteiger partial charge in [-0.25, -0.2) is 4.39 Å². The van der Waals surface area contributed by atoms with Crippen LogP contribution in [0.2, 0.25) is 10.0 Å². The number of rotatable bonds is 2. The van der Waals surface area contributed by atoms with Gasteiger partial charge in [0, 0.05) is 22.9 Å². The molecule has 2 atom stereocenters. The molecule has 2 rings (SSSR count). The number of nitrogens with one attached hydrogen (secondary N) is 1. The predicted octanol–water partition coefficient (Wildman–Crippen LogP) is 3.69. The molecule has 1 saturated heterocycles. The van der Waals surface area contributed by atoms with Crippen molar-refractivity contribution in [2.24, 2.45) is 0 Å². The molecule has 0 aromatic heterocycles. The summed E-state index contributed by atoms with van der Waals surface area (Å²) in [5, 5.41) is 3.30. The fraction of sp³-hybridized carbons (Fsp3) is 0.462. The second-order valence-electron chi connectivity index (χ2n) is 4.87. The normalized spacial score (nSPS) is 27.4. The average Bonchev–Trinajstić information content (AvgIpc) is 2.59. The molecule has 0 saturated carbocycles. The minimum absolute atomic E-state index is 0.00215. The minimum atomic E-state index is -0.508. The van der Waals surface area contributed by atoms with Gasteiger partial charge in [-0.1, -0.05) is 37.0 Å². The Morgan fingerprint density at radius 3 is 2.72 bits per heavy atom. The summed E-state index contributed by atoms with van der Waals surface area (Å²) in [5.41, 5.74) is 0.144. The van der Waals surface area contributed by atoms with Crippen LogP contribution in [0.25, 0.3) is 0 Å². The van der Waals surface area contributed by atoms with Crippen molar-refractivity contribution in [2.75, 3.05) is 0 Å². The van der Waals surface area contributed by atoms with E-state index in [1.165, 1.54) is 12.1 Å². The van der Waals surface area contributed by atoms with Gasteiger partial charge < -0.3 is 5.32 Å². The van der Waals surface area contributed by atoms with Crippen LogP contribution in [0.4, 0.5) is 4.39 Å². The van der Waals surface area contributed by atoms with E-state index in [9.17, 15) is 9.18 Å². The van der Waals surface area contributed by atoms with Crippen molar-refractivity contribution in [2.45, 2.75) is 38.1 Å². The highest BCUT2D eigenvalue weighted by atomic mass is 35.5. The van der Waals surface area contributed by atoms with Crippen LogP contribution in [0, 0.1) is 5.82 Å². The second-order valence-corrected chi connectivity index (χ2v) is 5.68. The lowest BCUT2D eigenvalue weighted by Crippen LogP contribution is -2.38. The molecule has 0 radical (unpaired) electrons. The van der Waals surface area contributed by atoms with Gasteiger partial charge in [0.1, 0.15) is 5.82 Å². The first-order valence-corrected chi connectivity index (χ1v) is 6.58. The van der Waals surface area contributed by atoms with Gasteiger partial charge in [-0.15, -0.1) is 0 Å². The summed E-state index contributed by atoms with van der Waals surface area (Å²) < 4.78 is 13.6. The molecule has 1 aromatic carbocycles. The molecule has 0 bridgehead atoms. The molecule has 1 fully saturated rings. The van der Waals surface area contributed by atoms with Gasteiger partial charge >= 0.3 is 0 Å². The summed E-state index contributed by atoms with van der Waals surface area (Å²) in [6.45, 7) is 3.91. The van der Waals surface area contributed by atoms with E-state index < -0.39 is 11.2 Å². The first-order valence-electron chi connectivity index (χ1n) is 5.83. The molecule has 2 nitrogen and oxygen atoms in total. The van der Waals surface area contributed by atoms with Crippen molar-refractivity contribution >= 4 is 29.1 Å². The Bertz CT molecular complexity index is 506. The van der Waals surface area contributed by atoms with E-state index in [2.05, 4.69) is 5.32 Å². The molecular weight excluding hydrogens is 276 g/mol. The van der Waals surface area contributed by atoms with Gasteiger partial charge in [0.2, 0.25) is 5.91 Å². The molecule has 18 heavy (non-hydrogen) atoms. The number of halogens is 3. The van der Waals surface area contributed by atoms with E-state index in [4.69, 9.17) is 23.2 Å². The van der Waals surface area contributed by atoms with Crippen molar-refractivity contribution in [1.82, 2.24) is 5.32 Å². The third-order valence-corrected chi connectivity index (χ3v) is 4.27. The van der Waals surface area contributed by atoms with Crippen LogP contribution in [0.3, 0.4) is 0 Å². The summed E-state index contributed by atoms with van der Waals surface area (Å²) in [7, 11) is 0. The van der Waals surface area contributed by atoms with Crippen molar-refractivity contribution < 1.29 is 9.18 Å². The van der Waals surface area contributed by atoms with Gasteiger partial charge in [0.05, 0.1) is 5.02 Å². The van der Waals surface area contributed by atoms with Gasteiger partial charge in [-0.2, -0.15) is 0 Å². The fourth-order valence-electron chi connectivity index (χ4n) is 2.66. The Labute approximate surface area is 115 Å². The first kappa shape index (κ1) is 13.6. The highest BCUT2D eigenvalue weighted by Crippen LogP contribution is 2.41. The zero-order valence-electron chi connectivity index (χ0n) is 10.2. The Morgan fingerprint density at radius 1 is 1.44 bits per heavy atom. The molecule has 0 aliphatic carbocycles. The van der Waals surface area contributed by atoms with E-state index in [1.807, 2.05) is 13.8 Å². The summed E-state index contributed by atoms with van der Waals surface area (Å²) >= 11 is 11.8. The molecule has 1 heterocycles. The van der Waals surface area contributed by atoms with Crippen LogP contribution in [0.15, 0.2) is 12.1 Å². The average molecular weight is 290 g/mol. The zero-order valence-corrected chi connectivity index (χ0v) is 11.7. The van der Waals surface area contributed by atoms with Crippen LogP contribution in [0.5, 0.6) is 0 Å². The monoisotopic (exact) mass is 289 g/mol. The summed E-state index contributed by atoms with van der Waals surface area (Å²) in [6.07, 6.45) is 1.08. The van der Waals surface area contributed by atoms with Crippen LogP contribution >= 0.6 is 23.2 Å². The summed E-state index contributed by atoms with van der Waals surface area (Å²) in [6, 6.07) is 2.70. The number of carbonyl (C=O) groups is 1. The molecule has 0 spiro atoms. The van der Waals surface area contributed by atoms with Crippen molar-refractivity contribution in [3.05, 3.63) is 33.6 Å². The first-order chi connectivity index (χ1) is 8.38. The van der Waals surface area contributed by atoms with Crippen molar-refractivity contribution in [3.63, 3.8) is 0 Å². The van der Waals surface area contributed by atoms with E-state index in [0.717, 1.165) is 6.42 Å². The van der Waals surface area contributed by atoms with E-state index in [-0.39, 0.29) is 17.0 Å². The zero-order chi connectivity index (χ0) is 13.5. The number of hydrogen-bond acceptors (Lipinski definition) is 1. The van der Waals surface area contributed by atoms with Gasteiger partial charge in [0.25, 0.3) is 0 Å². The maximum atomic E-state index is 13.6. The van der Waals surface area contributed by atoms with E-state index >= 15 is 0 Å². The molecule has 1 amide bonds. The molecule has 1 aliphatic heterocycles. The number of benzene rings is 1. The quantitative estimate of drug-likeness (QED) is 0.827. The standard InChI is InChI=1S/C13H14Cl2FNO/c1-3-11-13(2,6-12(18)17-11)7-4-10(16)9(15)5-8(7)14/h4-5,11H,3,6H2,1-2H3,(H,17,18).